The average molecular weight is 441 g/mol. The van der Waals surface area contributed by atoms with E-state index in [0.717, 1.165) is 24.6 Å². The van der Waals surface area contributed by atoms with E-state index in [0.29, 0.717) is 18.0 Å². The van der Waals surface area contributed by atoms with E-state index in [-0.39, 0.29) is 0 Å². The normalized spacial score (nSPS) is 24.2. The highest BCUT2D eigenvalue weighted by Crippen LogP contribution is 2.42. The van der Waals surface area contributed by atoms with Crippen molar-refractivity contribution in [3.8, 4) is 5.75 Å². The lowest BCUT2D eigenvalue weighted by atomic mass is 9.70. The van der Waals surface area contributed by atoms with Gasteiger partial charge in [-0.15, -0.1) is 0 Å². The largest absolute Gasteiger partial charge is 0.496 e. The fourth-order valence-electron chi connectivity index (χ4n) is 6.11. The zero-order valence-electron chi connectivity index (χ0n) is 19.9. The molecule has 0 aromatic heterocycles. The van der Waals surface area contributed by atoms with Crippen molar-refractivity contribution in [2.24, 2.45) is 5.92 Å². The number of nitrogens with one attached hydrogen (secondary N) is 1. The third kappa shape index (κ3) is 4.58. The third-order valence-corrected chi connectivity index (χ3v) is 7.81. The molecule has 3 aliphatic rings. The van der Waals surface area contributed by atoms with Crippen LogP contribution >= 0.6 is 0 Å². The molecule has 3 aromatic carbocycles. The molecule has 3 heterocycles. The van der Waals surface area contributed by atoms with Crippen molar-refractivity contribution < 1.29 is 4.74 Å². The van der Waals surface area contributed by atoms with Crippen molar-refractivity contribution in [1.82, 2.24) is 10.2 Å². The van der Waals surface area contributed by atoms with Crippen LogP contribution in [0.15, 0.2) is 78.9 Å². The fraction of sp³-hybridized carbons (Fsp3) is 0.400. The van der Waals surface area contributed by atoms with Crippen LogP contribution in [-0.4, -0.2) is 37.2 Å². The van der Waals surface area contributed by atoms with Crippen LogP contribution in [-0.2, 0) is 13.0 Å². The van der Waals surface area contributed by atoms with Gasteiger partial charge in [-0.2, -0.15) is 0 Å². The molecular formula is C30H36N2O. The smallest absolute Gasteiger partial charge is 0.123 e. The Morgan fingerprint density at radius 1 is 0.909 bits per heavy atom. The van der Waals surface area contributed by atoms with Crippen LogP contribution in [0.5, 0.6) is 5.75 Å². The monoisotopic (exact) mass is 440 g/mol. The summed E-state index contributed by atoms with van der Waals surface area (Å²) in [5.41, 5.74) is 5.46. The molecule has 3 saturated heterocycles. The maximum absolute atomic E-state index is 5.71. The Labute approximate surface area is 198 Å². The fourth-order valence-corrected chi connectivity index (χ4v) is 6.11. The molecule has 0 spiro atoms. The quantitative estimate of drug-likeness (QED) is 0.490. The summed E-state index contributed by atoms with van der Waals surface area (Å²) in [4.78, 5) is 2.75. The minimum absolute atomic E-state index is 0.358. The third-order valence-electron chi connectivity index (χ3n) is 7.81. The first-order chi connectivity index (χ1) is 16.3. The van der Waals surface area contributed by atoms with Gasteiger partial charge in [0, 0.05) is 30.1 Å². The summed E-state index contributed by atoms with van der Waals surface area (Å²) in [6.45, 7) is 5.47. The molecule has 33 heavy (non-hydrogen) atoms. The summed E-state index contributed by atoms with van der Waals surface area (Å²) in [5.74, 6) is 2.06. The number of hydrogen-bond donors (Lipinski definition) is 1. The van der Waals surface area contributed by atoms with Gasteiger partial charge in [-0.05, 0) is 61.0 Å². The van der Waals surface area contributed by atoms with Crippen LogP contribution in [0.3, 0.4) is 0 Å². The molecule has 3 aliphatic heterocycles. The standard InChI is InChI=1S/C30H36N2O/c1-3-22-14-15-27(33-2)26(20-22)21-31-29-25-16-18-32(19-17-25)30(29)28(23-10-6-4-7-11-23)24-12-8-5-9-13-24/h4-15,20,25,28-31H,3,16-19,21H2,1-2H3. The number of benzene rings is 3. The Hall–Kier alpha value is -2.62. The summed E-state index contributed by atoms with van der Waals surface area (Å²) >= 11 is 0. The topological polar surface area (TPSA) is 24.5 Å². The second kappa shape index (κ2) is 10.1. The predicted octanol–water partition coefficient (Wildman–Crippen LogP) is 5.64. The number of aryl methyl sites for hydroxylation is 1. The average Bonchev–Trinajstić information content (AvgIpc) is 2.90. The number of ether oxygens (including phenoxy) is 1. The molecule has 0 amide bonds. The Kier molecular flexibility index (Phi) is 6.80. The summed E-state index contributed by atoms with van der Waals surface area (Å²) < 4.78 is 5.71. The molecule has 2 atom stereocenters. The van der Waals surface area contributed by atoms with Gasteiger partial charge in [-0.3, -0.25) is 4.90 Å². The van der Waals surface area contributed by atoms with Crippen molar-refractivity contribution in [2.45, 2.75) is 50.7 Å². The molecule has 3 fully saturated rings. The number of hydrogen-bond acceptors (Lipinski definition) is 3. The zero-order valence-corrected chi connectivity index (χ0v) is 19.9. The lowest BCUT2D eigenvalue weighted by Crippen LogP contribution is -2.64. The first-order valence-electron chi connectivity index (χ1n) is 12.5. The van der Waals surface area contributed by atoms with E-state index in [9.17, 15) is 0 Å². The lowest BCUT2D eigenvalue weighted by Gasteiger charge is -2.54. The van der Waals surface area contributed by atoms with Crippen molar-refractivity contribution in [3.05, 3.63) is 101 Å². The van der Waals surface area contributed by atoms with E-state index in [4.69, 9.17) is 4.74 Å². The first-order valence-corrected chi connectivity index (χ1v) is 12.5. The van der Waals surface area contributed by atoms with E-state index in [1.165, 1.54) is 48.2 Å². The van der Waals surface area contributed by atoms with Gasteiger partial charge in [0.1, 0.15) is 5.75 Å². The minimum atomic E-state index is 0.358. The van der Waals surface area contributed by atoms with Gasteiger partial charge < -0.3 is 10.1 Å². The summed E-state index contributed by atoms with van der Waals surface area (Å²) in [7, 11) is 1.78. The highest BCUT2D eigenvalue weighted by molar-refractivity contribution is 5.38. The number of methoxy groups -OCH3 is 1. The molecule has 3 heteroatoms. The second-order valence-electron chi connectivity index (χ2n) is 9.57. The van der Waals surface area contributed by atoms with Crippen LogP contribution in [0.4, 0.5) is 0 Å². The molecule has 2 bridgehead atoms. The van der Waals surface area contributed by atoms with Crippen LogP contribution in [0.2, 0.25) is 0 Å². The van der Waals surface area contributed by atoms with Crippen molar-refractivity contribution in [3.63, 3.8) is 0 Å². The van der Waals surface area contributed by atoms with Gasteiger partial charge in [0.2, 0.25) is 0 Å². The Bertz CT molecular complexity index is 988. The Morgan fingerprint density at radius 2 is 1.55 bits per heavy atom. The van der Waals surface area contributed by atoms with E-state index >= 15 is 0 Å². The molecule has 0 aliphatic carbocycles. The molecule has 0 saturated carbocycles. The van der Waals surface area contributed by atoms with E-state index in [1.807, 2.05) is 0 Å². The second-order valence-corrected chi connectivity index (χ2v) is 9.57. The molecule has 3 aromatic rings. The van der Waals surface area contributed by atoms with Gasteiger partial charge >= 0.3 is 0 Å². The highest BCUT2D eigenvalue weighted by Gasteiger charge is 2.46. The lowest BCUT2D eigenvalue weighted by molar-refractivity contribution is 0.00462. The molecule has 1 N–H and O–H groups in total. The number of nitrogens with zero attached hydrogens (tertiary/aromatic N) is 1. The minimum Gasteiger partial charge on any atom is -0.496 e. The summed E-state index contributed by atoms with van der Waals surface area (Å²) in [6, 6.07) is 29.8. The number of piperidine rings is 3. The summed E-state index contributed by atoms with van der Waals surface area (Å²) in [6.07, 6.45) is 3.62. The maximum Gasteiger partial charge on any atom is 0.123 e. The Morgan fingerprint density at radius 3 is 2.12 bits per heavy atom. The van der Waals surface area contributed by atoms with Crippen LogP contribution in [0, 0.1) is 5.92 Å². The van der Waals surface area contributed by atoms with Crippen molar-refractivity contribution >= 4 is 0 Å². The molecule has 6 rings (SSSR count). The van der Waals surface area contributed by atoms with Crippen LogP contribution in [0.1, 0.15) is 47.9 Å². The Balaban J connectivity index is 1.48. The van der Waals surface area contributed by atoms with Crippen molar-refractivity contribution in [1.29, 1.82) is 0 Å². The predicted molar refractivity (Wildman–Crippen MR) is 136 cm³/mol. The number of rotatable bonds is 8. The summed E-state index contributed by atoms with van der Waals surface area (Å²) in [5, 5.41) is 4.04. The number of fused-ring (bicyclic) bond motifs is 3. The SMILES string of the molecule is CCc1ccc(OC)c(CNC2C3CCN(CC3)C2C(c2ccccc2)c2ccccc2)c1. The first kappa shape index (κ1) is 22.2. The maximum atomic E-state index is 5.71. The van der Waals surface area contributed by atoms with Crippen LogP contribution in [0.25, 0.3) is 0 Å². The molecule has 3 nitrogen and oxygen atoms in total. The zero-order chi connectivity index (χ0) is 22.6. The van der Waals surface area contributed by atoms with Gasteiger partial charge in [0.15, 0.2) is 0 Å². The van der Waals surface area contributed by atoms with E-state index < -0.39 is 0 Å². The molecular weight excluding hydrogens is 404 g/mol. The van der Waals surface area contributed by atoms with Gasteiger partial charge in [-0.25, -0.2) is 0 Å². The van der Waals surface area contributed by atoms with Crippen molar-refractivity contribution in [2.75, 3.05) is 20.2 Å². The van der Waals surface area contributed by atoms with E-state index in [1.54, 1.807) is 7.11 Å². The molecule has 0 radical (unpaired) electrons. The van der Waals surface area contributed by atoms with Crippen LogP contribution < -0.4 is 10.1 Å². The van der Waals surface area contributed by atoms with E-state index in [2.05, 4.69) is 96.0 Å². The van der Waals surface area contributed by atoms with Gasteiger partial charge in [0.25, 0.3) is 0 Å². The van der Waals surface area contributed by atoms with Gasteiger partial charge in [-0.1, -0.05) is 79.7 Å². The molecule has 172 valence electrons. The van der Waals surface area contributed by atoms with Gasteiger partial charge in [0.05, 0.1) is 7.11 Å². The molecule has 2 unspecified atom stereocenters. The highest BCUT2D eigenvalue weighted by atomic mass is 16.5.